The molecule has 0 spiro atoms. The van der Waals surface area contributed by atoms with Crippen molar-refractivity contribution in [3.63, 3.8) is 0 Å². The summed E-state index contributed by atoms with van der Waals surface area (Å²) < 4.78 is 5.38. The normalized spacial score (nSPS) is 11.1. The average Bonchev–Trinajstić information content (AvgIpc) is 2.64. The minimum atomic E-state index is 0.785. The van der Waals surface area contributed by atoms with E-state index in [0.717, 1.165) is 17.2 Å². The number of rotatable bonds is 2. The van der Waals surface area contributed by atoms with Gasteiger partial charge < -0.3 is 4.42 Å². The predicted octanol–water partition coefficient (Wildman–Crippen LogP) is 3.65. The van der Waals surface area contributed by atoms with Gasteiger partial charge in [-0.3, -0.25) is 4.99 Å². The average molecular weight is 199 g/mol. The van der Waals surface area contributed by atoms with Crippen molar-refractivity contribution in [2.75, 3.05) is 0 Å². The standard InChI is InChI=1S/C13H13NO/c1-10-3-6-12(7-4-10)14-9-13-8-5-11(2)15-13/h3-9H,1-2H3/b14-9+. The quantitative estimate of drug-likeness (QED) is 0.678. The number of aliphatic imine (C=N–C) groups is 1. The van der Waals surface area contributed by atoms with Crippen molar-refractivity contribution in [3.05, 3.63) is 53.5 Å². The molecule has 0 radical (unpaired) electrons. The van der Waals surface area contributed by atoms with Crippen molar-refractivity contribution >= 4 is 11.9 Å². The summed E-state index contributed by atoms with van der Waals surface area (Å²) in [6.07, 6.45) is 1.73. The molecule has 0 saturated carbocycles. The topological polar surface area (TPSA) is 25.5 Å². The van der Waals surface area contributed by atoms with Crippen LogP contribution in [-0.4, -0.2) is 6.21 Å². The van der Waals surface area contributed by atoms with Gasteiger partial charge in [0.25, 0.3) is 0 Å². The molecular weight excluding hydrogens is 186 g/mol. The van der Waals surface area contributed by atoms with Crippen LogP contribution in [-0.2, 0) is 0 Å². The molecule has 0 bridgehead atoms. The lowest BCUT2D eigenvalue weighted by Crippen LogP contribution is -1.74. The fraction of sp³-hybridized carbons (Fsp3) is 0.154. The Bertz CT molecular complexity index is 466. The first-order valence-electron chi connectivity index (χ1n) is 4.91. The molecule has 0 aliphatic rings. The highest BCUT2D eigenvalue weighted by atomic mass is 16.3. The Hall–Kier alpha value is -1.83. The zero-order chi connectivity index (χ0) is 10.7. The van der Waals surface area contributed by atoms with Crippen molar-refractivity contribution < 1.29 is 4.42 Å². The van der Waals surface area contributed by atoms with E-state index in [-0.39, 0.29) is 0 Å². The predicted molar refractivity (Wildman–Crippen MR) is 61.9 cm³/mol. The van der Waals surface area contributed by atoms with Crippen molar-refractivity contribution in [2.24, 2.45) is 4.99 Å². The Morgan fingerprint density at radius 3 is 2.33 bits per heavy atom. The summed E-state index contributed by atoms with van der Waals surface area (Å²) in [7, 11) is 0. The van der Waals surface area contributed by atoms with Crippen LogP contribution in [0, 0.1) is 13.8 Å². The van der Waals surface area contributed by atoms with Crippen LogP contribution >= 0.6 is 0 Å². The van der Waals surface area contributed by atoms with Crippen molar-refractivity contribution in [3.8, 4) is 0 Å². The largest absolute Gasteiger partial charge is 0.460 e. The van der Waals surface area contributed by atoms with Crippen LogP contribution in [0.4, 0.5) is 5.69 Å². The van der Waals surface area contributed by atoms with E-state index in [9.17, 15) is 0 Å². The number of benzene rings is 1. The Morgan fingerprint density at radius 2 is 1.73 bits per heavy atom. The monoisotopic (exact) mass is 199 g/mol. The molecule has 1 aromatic heterocycles. The summed E-state index contributed by atoms with van der Waals surface area (Å²) in [6, 6.07) is 11.9. The SMILES string of the molecule is Cc1ccc(/N=C/c2ccc(C)o2)cc1. The van der Waals surface area contributed by atoms with Gasteiger partial charge in [0.05, 0.1) is 11.9 Å². The van der Waals surface area contributed by atoms with Crippen LogP contribution in [0.2, 0.25) is 0 Å². The maximum Gasteiger partial charge on any atom is 0.145 e. The number of nitrogens with zero attached hydrogens (tertiary/aromatic N) is 1. The van der Waals surface area contributed by atoms with Gasteiger partial charge in [0.1, 0.15) is 11.5 Å². The second kappa shape index (κ2) is 4.13. The second-order valence-electron chi connectivity index (χ2n) is 3.54. The minimum Gasteiger partial charge on any atom is -0.460 e. The first-order valence-corrected chi connectivity index (χ1v) is 4.91. The molecule has 2 aromatic rings. The van der Waals surface area contributed by atoms with Gasteiger partial charge in [-0.2, -0.15) is 0 Å². The van der Waals surface area contributed by atoms with Crippen molar-refractivity contribution in [1.82, 2.24) is 0 Å². The third-order valence-corrected chi connectivity index (χ3v) is 2.14. The third kappa shape index (κ3) is 2.56. The van der Waals surface area contributed by atoms with E-state index in [4.69, 9.17) is 4.42 Å². The number of aryl methyl sites for hydroxylation is 2. The van der Waals surface area contributed by atoms with Crippen LogP contribution in [0.5, 0.6) is 0 Å². The van der Waals surface area contributed by atoms with E-state index in [1.807, 2.05) is 43.3 Å². The van der Waals surface area contributed by atoms with Crippen molar-refractivity contribution in [2.45, 2.75) is 13.8 Å². The second-order valence-corrected chi connectivity index (χ2v) is 3.54. The molecule has 1 aromatic carbocycles. The zero-order valence-electron chi connectivity index (χ0n) is 8.90. The fourth-order valence-electron chi connectivity index (χ4n) is 1.29. The molecule has 2 nitrogen and oxygen atoms in total. The maximum absolute atomic E-state index is 5.38. The van der Waals surface area contributed by atoms with E-state index in [2.05, 4.69) is 11.9 Å². The molecule has 0 saturated heterocycles. The van der Waals surface area contributed by atoms with Gasteiger partial charge in [-0.25, -0.2) is 0 Å². The smallest absolute Gasteiger partial charge is 0.145 e. The Kier molecular flexibility index (Phi) is 2.68. The first kappa shape index (κ1) is 9.71. The van der Waals surface area contributed by atoms with E-state index in [1.165, 1.54) is 5.56 Å². The van der Waals surface area contributed by atoms with Gasteiger partial charge in [-0.15, -0.1) is 0 Å². The van der Waals surface area contributed by atoms with Gasteiger partial charge >= 0.3 is 0 Å². The zero-order valence-corrected chi connectivity index (χ0v) is 8.90. The van der Waals surface area contributed by atoms with E-state index >= 15 is 0 Å². The summed E-state index contributed by atoms with van der Waals surface area (Å²) in [5.41, 5.74) is 2.18. The van der Waals surface area contributed by atoms with E-state index in [0.29, 0.717) is 0 Å². The molecule has 2 rings (SSSR count). The lowest BCUT2D eigenvalue weighted by Gasteiger charge is -1.93. The molecule has 0 N–H and O–H groups in total. The minimum absolute atomic E-state index is 0.785. The molecule has 0 unspecified atom stereocenters. The molecule has 76 valence electrons. The van der Waals surface area contributed by atoms with E-state index < -0.39 is 0 Å². The molecule has 2 heteroatoms. The summed E-state index contributed by atoms with van der Waals surface area (Å²) in [5, 5.41) is 0. The summed E-state index contributed by atoms with van der Waals surface area (Å²) in [6.45, 7) is 3.98. The van der Waals surface area contributed by atoms with Crippen LogP contribution < -0.4 is 0 Å². The van der Waals surface area contributed by atoms with Crippen LogP contribution in [0.25, 0.3) is 0 Å². The third-order valence-electron chi connectivity index (χ3n) is 2.14. The van der Waals surface area contributed by atoms with Gasteiger partial charge in [0, 0.05) is 0 Å². The molecule has 1 heterocycles. The van der Waals surface area contributed by atoms with Crippen LogP contribution in [0.1, 0.15) is 17.1 Å². The highest BCUT2D eigenvalue weighted by Gasteiger charge is 1.93. The Balaban J connectivity index is 2.14. The summed E-state index contributed by atoms with van der Waals surface area (Å²) in [5.74, 6) is 1.69. The summed E-state index contributed by atoms with van der Waals surface area (Å²) in [4.78, 5) is 4.31. The molecule has 15 heavy (non-hydrogen) atoms. The molecule has 0 atom stereocenters. The Morgan fingerprint density at radius 1 is 1.00 bits per heavy atom. The maximum atomic E-state index is 5.38. The first-order chi connectivity index (χ1) is 7.24. The number of hydrogen-bond acceptors (Lipinski definition) is 2. The Labute approximate surface area is 89.3 Å². The number of hydrogen-bond donors (Lipinski definition) is 0. The highest BCUT2D eigenvalue weighted by molar-refractivity contribution is 5.78. The summed E-state index contributed by atoms with van der Waals surface area (Å²) >= 11 is 0. The van der Waals surface area contributed by atoms with Crippen LogP contribution in [0.15, 0.2) is 45.8 Å². The van der Waals surface area contributed by atoms with Gasteiger partial charge in [0.2, 0.25) is 0 Å². The van der Waals surface area contributed by atoms with E-state index in [1.54, 1.807) is 6.21 Å². The lowest BCUT2D eigenvalue weighted by atomic mass is 10.2. The van der Waals surface area contributed by atoms with Gasteiger partial charge in [-0.1, -0.05) is 17.7 Å². The highest BCUT2D eigenvalue weighted by Crippen LogP contribution is 2.13. The van der Waals surface area contributed by atoms with Crippen LogP contribution in [0.3, 0.4) is 0 Å². The molecule has 0 aliphatic carbocycles. The van der Waals surface area contributed by atoms with Crippen molar-refractivity contribution in [1.29, 1.82) is 0 Å². The van der Waals surface area contributed by atoms with Gasteiger partial charge in [0.15, 0.2) is 0 Å². The molecule has 0 amide bonds. The lowest BCUT2D eigenvalue weighted by molar-refractivity contribution is 0.528. The molecule has 0 fully saturated rings. The van der Waals surface area contributed by atoms with Gasteiger partial charge in [-0.05, 0) is 38.1 Å². The fourth-order valence-corrected chi connectivity index (χ4v) is 1.29. The molecular formula is C13H13NO. The number of furan rings is 1. The molecule has 0 aliphatic heterocycles.